The summed E-state index contributed by atoms with van der Waals surface area (Å²) >= 11 is 0. The number of allylic oxidation sites excluding steroid dienone is 6. The van der Waals surface area contributed by atoms with E-state index in [0.29, 0.717) is 25.2 Å². The predicted molar refractivity (Wildman–Crippen MR) is 111 cm³/mol. The molecule has 2 fully saturated rings. The van der Waals surface area contributed by atoms with Crippen molar-refractivity contribution in [1.82, 2.24) is 0 Å². The van der Waals surface area contributed by atoms with E-state index >= 15 is 0 Å². The quantitative estimate of drug-likeness (QED) is 0.290. The Labute approximate surface area is 173 Å². The minimum Gasteiger partial charge on any atom is -0.194 e. The van der Waals surface area contributed by atoms with Crippen LogP contribution in [-0.2, 0) is 0 Å². The largest absolute Gasteiger partial charge is 0.336 e. The molecular formula is C25H36F4. The first-order valence-corrected chi connectivity index (χ1v) is 11.7. The molecule has 0 aromatic heterocycles. The summed E-state index contributed by atoms with van der Waals surface area (Å²) < 4.78 is 58.7. The van der Waals surface area contributed by atoms with Crippen molar-refractivity contribution < 1.29 is 17.6 Å². The van der Waals surface area contributed by atoms with Gasteiger partial charge >= 0.3 is 11.8 Å². The molecule has 3 aliphatic carbocycles. The van der Waals surface area contributed by atoms with Crippen molar-refractivity contribution in [3.8, 4) is 0 Å². The smallest absolute Gasteiger partial charge is 0.194 e. The van der Waals surface area contributed by atoms with E-state index in [9.17, 15) is 17.6 Å². The standard InChI is InChI=1S/C25H36F4/c1-2-8-19-13-15-20(16-14-19)9-6-7-12-22-17-18-23(21-10-4-3-5-11-21)25(28,29)24(22,26)27/h6,9,17-21H,2-5,7-8,10-16H2,1H3/b9-6+. The van der Waals surface area contributed by atoms with Crippen molar-refractivity contribution >= 4 is 0 Å². The third-order valence-electron chi connectivity index (χ3n) is 7.25. The van der Waals surface area contributed by atoms with Gasteiger partial charge in [0.2, 0.25) is 0 Å². The zero-order valence-electron chi connectivity index (χ0n) is 17.7. The molecule has 4 heteroatoms. The van der Waals surface area contributed by atoms with E-state index in [1.807, 2.05) is 6.08 Å². The molecule has 0 amide bonds. The van der Waals surface area contributed by atoms with E-state index in [1.165, 1.54) is 37.8 Å². The number of rotatable bonds is 7. The highest BCUT2D eigenvalue weighted by atomic mass is 19.3. The van der Waals surface area contributed by atoms with E-state index in [4.69, 9.17) is 0 Å². The monoisotopic (exact) mass is 412 g/mol. The first-order valence-electron chi connectivity index (χ1n) is 11.7. The van der Waals surface area contributed by atoms with Crippen LogP contribution in [0.2, 0.25) is 0 Å². The predicted octanol–water partition coefficient (Wildman–Crippen LogP) is 8.65. The van der Waals surface area contributed by atoms with Gasteiger partial charge in [-0.1, -0.05) is 63.3 Å². The van der Waals surface area contributed by atoms with Crippen molar-refractivity contribution in [1.29, 1.82) is 0 Å². The van der Waals surface area contributed by atoms with E-state index < -0.39 is 23.3 Å². The molecule has 0 atom stereocenters. The Bertz CT molecular complexity index is 615. The molecule has 0 bridgehead atoms. The highest BCUT2D eigenvalue weighted by Gasteiger charge is 2.62. The topological polar surface area (TPSA) is 0 Å². The summed E-state index contributed by atoms with van der Waals surface area (Å²) in [6.45, 7) is 2.22. The SMILES string of the molecule is CCCC1CCC(/C=C/CCC2=CC=C(C3CCCCC3)C(F)(F)C2(F)F)CC1. The molecule has 0 nitrogen and oxygen atoms in total. The normalized spacial score (nSPS) is 30.2. The van der Waals surface area contributed by atoms with Crippen molar-refractivity contribution in [2.45, 2.75) is 102 Å². The van der Waals surface area contributed by atoms with Crippen molar-refractivity contribution in [2.75, 3.05) is 0 Å². The summed E-state index contributed by atoms with van der Waals surface area (Å²) in [6.07, 6.45) is 18.3. The van der Waals surface area contributed by atoms with Gasteiger partial charge in [-0.05, 0) is 69.1 Å². The molecule has 164 valence electrons. The minimum atomic E-state index is -4.07. The van der Waals surface area contributed by atoms with Gasteiger partial charge in [-0.2, -0.15) is 17.6 Å². The lowest BCUT2D eigenvalue weighted by Crippen LogP contribution is -2.47. The molecule has 29 heavy (non-hydrogen) atoms. The van der Waals surface area contributed by atoms with Crippen LogP contribution >= 0.6 is 0 Å². The Morgan fingerprint density at radius 2 is 1.59 bits per heavy atom. The Kier molecular flexibility index (Phi) is 7.67. The van der Waals surface area contributed by atoms with Crippen molar-refractivity contribution in [2.24, 2.45) is 17.8 Å². The second kappa shape index (κ2) is 9.83. The second-order valence-corrected chi connectivity index (χ2v) is 9.33. The van der Waals surface area contributed by atoms with Gasteiger partial charge in [0.15, 0.2) is 0 Å². The summed E-state index contributed by atoms with van der Waals surface area (Å²) in [5.74, 6) is -7.17. The molecule has 2 saturated carbocycles. The van der Waals surface area contributed by atoms with Gasteiger partial charge in [0, 0.05) is 11.1 Å². The van der Waals surface area contributed by atoms with Gasteiger partial charge in [-0.15, -0.1) is 0 Å². The Morgan fingerprint density at radius 1 is 0.897 bits per heavy atom. The molecule has 0 unspecified atom stereocenters. The van der Waals surface area contributed by atoms with Crippen LogP contribution in [0.1, 0.15) is 90.4 Å². The molecule has 0 aromatic rings. The molecule has 3 aliphatic rings. The van der Waals surface area contributed by atoms with Gasteiger partial charge in [0.05, 0.1) is 0 Å². The number of halogens is 4. The molecule has 3 rings (SSSR count). The van der Waals surface area contributed by atoms with Gasteiger partial charge in [-0.3, -0.25) is 0 Å². The molecule has 0 spiro atoms. The van der Waals surface area contributed by atoms with E-state index in [0.717, 1.165) is 38.0 Å². The molecule has 0 radical (unpaired) electrons. The van der Waals surface area contributed by atoms with Crippen LogP contribution in [0.15, 0.2) is 35.5 Å². The number of hydrogen-bond donors (Lipinski definition) is 0. The second-order valence-electron chi connectivity index (χ2n) is 9.33. The lowest BCUT2D eigenvalue weighted by atomic mass is 9.76. The maximum atomic E-state index is 14.7. The zero-order chi connectivity index (χ0) is 20.9. The van der Waals surface area contributed by atoms with Gasteiger partial charge in [-0.25, -0.2) is 0 Å². The Balaban J connectivity index is 1.56. The van der Waals surface area contributed by atoms with Gasteiger partial charge in [0.25, 0.3) is 0 Å². The molecule has 0 saturated heterocycles. The first kappa shape index (κ1) is 22.6. The third kappa shape index (κ3) is 5.17. The number of hydrogen-bond acceptors (Lipinski definition) is 0. The highest BCUT2D eigenvalue weighted by molar-refractivity contribution is 5.39. The molecule has 0 N–H and O–H groups in total. The maximum absolute atomic E-state index is 14.7. The van der Waals surface area contributed by atoms with Crippen LogP contribution < -0.4 is 0 Å². The molecule has 0 heterocycles. The van der Waals surface area contributed by atoms with Crippen LogP contribution in [0.4, 0.5) is 17.6 Å². The van der Waals surface area contributed by atoms with E-state index in [2.05, 4.69) is 13.0 Å². The average Bonchev–Trinajstić information content (AvgIpc) is 2.70. The zero-order valence-corrected chi connectivity index (χ0v) is 17.7. The fourth-order valence-corrected chi connectivity index (χ4v) is 5.43. The maximum Gasteiger partial charge on any atom is 0.336 e. The van der Waals surface area contributed by atoms with Crippen LogP contribution in [0.25, 0.3) is 0 Å². The fraction of sp³-hybridized carbons (Fsp3) is 0.760. The van der Waals surface area contributed by atoms with Crippen LogP contribution in [0, 0.1) is 17.8 Å². The minimum absolute atomic E-state index is 0.00127. The van der Waals surface area contributed by atoms with Crippen LogP contribution in [0.5, 0.6) is 0 Å². The van der Waals surface area contributed by atoms with Crippen molar-refractivity contribution in [3.05, 3.63) is 35.5 Å². The lowest BCUT2D eigenvalue weighted by molar-refractivity contribution is -0.169. The van der Waals surface area contributed by atoms with E-state index in [1.54, 1.807) is 0 Å². The van der Waals surface area contributed by atoms with E-state index in [-0.39, 0.29) is 12.0 Å². The molecule has 0 aliphatic heterocycles. The van der Waals surface area contributed by atoms with Gasteiger partial charge < -0.3 is 0 Å². The van der Waals surface area contributed by atoms with Crippen molar-refractivity contribution in [3.63, 3.8) is 0 Å². The average molecular weight is 413 g/mol. The van der Waals surface area contributed by atoms with Crippen LogP contribution in [-0.4, -0.2) is 11.8 Å². The molecular weight excluding hydrogens is 376 g/mol. The summed E-state index contributed by atoms with van der Waals surface area (Å²) in [5, 5.41) is 0. The Morgan fingerprint density at radius 3 is 2.24 bits per heavy atom. The first-order chi connectivity index (χ1) is 13.9. The highest BCUT2D eigenvalue weighted by Crippen LogP contribution is 2.52. The van der Waals surface area contributed by atoms with Gasteiger partial charge in [0.1, 0.15) is 0 Å². The molecule has 0 aromatic carbocycles. The lowest BCUT2D eigenvalue weighted by Gasteiger charge is -2.37. The third-order valence-corrected chi connectivity index (χ3v) is 7.25. The summed E-state index contributed by atoms with van der Waals surface area (Å²) in [5.41, 5.74) is -0.760. The number of alkyl halides is 4. The summed E-state index contributed by atoms with van der Waals surface area (Å²) in [4.78, 5) is 0. The summed E-state index contributed by atoms with van der Waals surface area (Å²) in [7, 11) is 0. The van der Waals surface area contributed by atoms with Crippen LogP contribution in [0.3, 0.4) is 0 Å². The summed E-state index contributed by atoms with van der Waals surface area (Å²) in [6, 6.07) is 0. The fourth-order valence-electron chi connectivity index (χ4n) is 5.43. The Hall–Kier alpha value is -1.06.